The largest absolute Gasteiger partial charge is 0.390 e. The monoisotopic (exact) mass is 368 g/mol. The lowest BCUT2D eigenvalue weighted by Gasteiger charge is -2.34. The number of nitrogens with one attached hydrogen (secondary N) is 1. The van der Waals surface area contributed by atoms with E-state index in [1.807, 2.05) is 0 Å². The smallest absolute Gasteiger partial charge is 0.261 e. The summed E-state index contributed by atoms with van der Waals surface area (Å²) in [6.45, 7) is 0.0309. The summed E-state index contributed by atoms with van der Waals surface area (Å²) >= 11 is 0. The first-order valence-corrected chi connectivity index (χ1v) is 10.1. The standard InChI is InChI=1S/C15H16N2O5S2/c18-13-10-17(11-13)24(21,22)15-8-4-7-14(9-15)23(19,20)16-12-5-2-1-3-6-12/h1-9,13,16,18H,10-11H2. The molecule has 24 heavy (non-hydrogen) atoms. The van der Waals surface area contributed by atoms with Gasteiger partial charge in [0.05, 0.1) is 15.9 Å². The number of para-hydroxylation sites is 1. The molecule has 0 aromatic heterocycles. The van der Waals surface area contributed by atoms with Crippen LogP contribution in [0.3, 0.4) is 0 Å². The van der Waals surface area contributed by atoms with Gasteiger partial charge in [0.25, 0.3) is 10.0 Å². The molecule has 0 spiro atoms. The minimum Gasteiger partial charge on any atom is -0.390 e. The van der Waals surface area contributed by atoms with Crippen LogP contribution in [0.5, 0.6) is 0 Å². The van der Waals surface area contributed by atoms with Gasteiger partial charge in [-0.15, -0.1) is 0 Å². The highest BCUT2D eigenvalue weighted by Crippen LogP contribution is 2.24. The molecule has 3 rings (SSSR count). The van der Waals surface area contributed by atoms with Gasteiger partial charge in [0, 0.05) is 18.8 Å². The molecule has 1 saturated heterocycles. The van der Waals surface area contributed by atoms with Crippen LogP contribution in [0.1, 0.15) is 0 Å². The van der Waals surface area contributed by atoms with E-state index in [1.54, 1.807) is 30.3 Å². The number of hydrogen-bond acceptors (Lipinski definition) is 5. The number of anilines is 1. The number of benzene rings is 2. The Morgan fingerprint density at radius 1 is 0.917 bits per heavy atom. The first-order chi connectivity index (χ1) is 11.3. The maximum Gasteiger partial charge on any atom is 0.261 e. The molecule has 0 radical (unpaired) electrons. The van der Waals surface area contributed by atoms with Gasteiger partial charge in [-0.25, -0.2) is 16.8 Å². The molecule has 128 valence electrons. The van der Waals surface area contributed by atoms with Gasteiger partial charge < -0.3 is 5.11 Å². The van der Waals surface area contributed by atoms with Crippen molar-refractivity contribution in [3.63, 3.8) is 0 Å². The molecule has 2 aromatic rings. The van der Waals surface area contributed by atoms with Crippen molar-refractivity contribution >= 4 is 25.7 Å². The van der Waals surface area contributed by atoms with Crippen LogP contribution >= 0.6 is 0 Å². The molecule has 0 bridgehead atoms. The Labute approximate surface area is 140 Å². The molecule has 1 fully saturated rings. The van der Waals surface area contributed by atoms with Crippen molar-refractivity contribution in [1.29, 1.82) is 0 Å². The molecule has 0 atom stereocenters. The predicted molar refractivity (Wildman–Crippen MR) is 88.5 cm³/mol. The van der Waals surface area contributed by atoms with E-state index >= 15 is 0 Å². The summed E-state index contributed by atoms with van der Waals surface area (Å²) in [5.74, 6) is 0. The van der Waals surface area contributed by atoms with E-state index in [2.05, 4.69) is 4.72 Å². The normalized spacial score (nSPS) is 16.5. The fourth-order valence-electron chi connectivity index (χ4n) is 2.28. The second-order valence-corrected chi connectivity index (χ2v) is 9.04. The lowest BCUT2D eigenvalue weighted by atomic mass is 10.2. The zero-order valence-corrected chi connectivity index (χ0v) is 14.2. The third kappa shape index (κ3) is 3.29. The fraction of sp³-hybridized carbons (Fsp3) is 0.200. The van der Waals surface area contributed by atoms with E-state index in [0.717, 1.165) is 10.4 Å². The van der Waals surface area contributed by atoms with E-state index < -0.39 is 26.2 Å². The Kier molecular flexibility index (Phi) is 4.35. The van der Waals surface area contributed by atoms with Crippen LogP contribution in [-0.2, 0) is 20.0 Å². The van der Waals surface area contributed by atoms with Crippen LogP contribution in [-0.4, -0.2) is 45.4 Å². The van der Waals surface area contributed by atoms with Crippen LogP contribution in [0.4, 0.5) is 5.69 Å². The SMILES string of the molecule is O=S(=O)(Nc1ccccc1)c1cccc(S(=O)(=O)N2CC(O)C2)c1. The topological polar surface area (TPSA) is 104 Å². The highest BCUT2D eigenvalue weighted by atomic mass is 32.2. The Bertz CT molecular complexity index is 937. The second-order valence-electron chi connectivity index (χ2n) is 5.42. The molecular formula is C15H16N2O5S2. The van der Waals surface area contributed by atoms with Crippen LogP contribution in [0.2, 0.25) is 0 Å². The molecule has 9 heteroatoms. The third-order valence-electron chi connectivity index (χ3n) is 3.61. The quantitative estimate of drug-likeness (QED) is 0.814. The van der Waals surface area contributed by atoms with Crippen molar-refractivity contribution in [2.75, 3.05) is 17.8 Å². The van der Waals surface area contributed by atoms with Gasteiger partial charge in [0.15, 0.2) is 0 Å². The number of aliphatic hydroxyl groups is 1. The van der Waals surface area contributed by atoms with Gasteiger partial charge in [0.1, 0.15) is 0 Å². The molecule has 1 aliphatic rings. The lowest BCUT2D eigenvalue weighted by Crippen LogP contribution is -2.53. The van der Waals surface area contributed by atoms with Crippen LogP contribution in [0.15, 0.2) is 64.4 Å². The van der Waals surface area contributed by atoms with Gasteiger partial charge in [-0.05, 0) is 30.3 Å². The third-order valence-corrected chi connectivity index (χ3v) is 6.81. The van der Waals surface area contributed by atoms with Crippen molar-refractivity contribution in [1.82, 2.24) is 4.31 Å². The predicted octanol–water partition coefficient (Wildman–Crippen LogP) is 0.853. The van der Waals surface area contributed by atoms with Crippen molar-refractivity contribution in [3.05, 3.63) is 54.6 Å². The maximum atomic E-state index is 12.4. The van der Waals surface area contributed by atoms with E-state index in [0.29, 0.717) is 5.69 Å². The van der Waals surface area contributed by atoms with Crippen molar-refractivity contribution in [2.45, 2.75) is 15.9 Å². The molecule has 0 amide bonds. The number of rotatable bonds is 5. The molecule has 1 heterocycles. The van der Waals surface area contributed by atoms with Gasteiger partial charge >= 0.3 is 0 Å². The number of β-amino-alcohol motifs (C(OH)–C–C–N with tert-alkyl or cyclic N) is 1. The summed E-state index contributed by atoms with van der Waals surface area (Å²) in [5.41, 5.74) is 0.386. The maximum absolute atomic E-state index is 12.4. The molecular weight excluding hydrogens is 352 g/mol. The summed E-state index contributed by atoms with van der Waals surface area (Å²) in [7, 11) is -7.71. The molecule has 1 aliphatic heterocycles. The average molecular weight is 368 g/mol. The Morgan fingerprint density at radius 2 is 1.54 bits per heavy atom. The number of nitrogens with zero attached hydrogens (tertiary/aromatic N) is 1. The molecule has 0 unspecified atom stereocenters. The fourth-order valence-corrected chi connectivity index (χ4v) is 5.02. The number of sulfonamides is 2. The van der Waals surface area contributed by atoms with E-state index in [4.69, 9.17) is 0 Å². The van der Waals surface area contributed by atoms with Gasteiger partial charge in [-0.2, -0.15) is 4.31 Å². The molecule has 0 saturated carbocycles. The highest BCUT2D eigenvalue weighted by molar-refractivity contribution is 7.93. The van der Waals surface area contributed by atoms with Crippen LogP contribution < -0.4 is 4.72 Å². The minimum absolute atomic E-state index is 0.0155. The Balaban J connectivity index is 1.90. The summed E-state index contributed by atoms with van der Waals surface area (Å²) in [4.78, 5) is -0.265. The van der Waals surface area contributed by atoms with Crippen LogP contribution in [0, 0.1) is 0 Å². The molecule has 7 nitrogen and oxygen atoms in total. The van der Waals surface area contributed by atoms with Crippen molar-refractivity contribution in [2.24, 2.45) is 0 Å². The first kappa shape index (κ1) is 16.9. The number of aliphatic hydroxyl groups excluding tert-OH is 1. The highest BCUT2D eigenvalue weighted by Gasteiger charge is 2.36. The zero-order chi connectivity index (χ0) is 17.4. The molecule has 0 aliphatic carbocycles. The van der Waals surface area contributed by atoms with Crippen molar-refractivity contribution < 1.29 is 21.9 Å². The van der Waals surface area contributed by atoms with Crippen LogP contribution in [0.25, 0.3) is 0 Å². The lowest BCUT2D eigenvalue weighted by molar-refractivity contribution is 0.0548. The van der Waals surface area contributed by atoms with Crippen molar-refractivity contribution in [3.8, 4) is 0 Å². The summed E-state index contributed by atoms with van der Waals surface area (Å²) in [6, 6.07) is 13.5. The summed E-state index contributed by atoms with van der Waals surface area (Å²) in [5, 5.41) is 9.26. The van der Waals surface area contributed by atoms with Gasteiger partial charge in [-0.3, -0.25) is 4.72 Å². The molecule has 2 aromatic carbocycles. The molecule has 2 N–H and O–H groups in total. The summed E-state index contributed by atoms with van der Waals surface area (Å²) in [6.07, 6.45) is -0.675. The van der Waals surface area contributed by atoms with E-state index in [1.165, 1.54) is 18.2 Å². The minimum atomic E-state index is -3.90. The zero-order valence-electron chi connectivity index (χ0n) is 12.5. The van der Waals surface area contributed by atoms with E-state index in [9.17, 15) is 21.9 Å². The first-order valence-electron chi connectivity index (χ1n) is 7.15. The Morgan fingerprint density at radius 3 is 2.17 bits per heavy atom. The summed E-state index contributed by atoms with van der Waals surface area (Å²) < 4.78 is 53.2. The number of hydrogen-bond donors (Lipinski definition) is 2. The second kappa shape index (κ2) is 6.17. The van der Waals surface area contributed by atoms with Gasteiger partial charge in [0.2, 0.25) is 10.0 Å². The van der Waals surface area contributed by atoms with E-state index in [-0.39, 0.29) is 22.9 Å². The van der Waals surface area contributed by atoms with Gasteiger partial charge in [-0.1, -0.05) is 24.3 Å². The average Bonchev–Trinajstić information content (AvgIpc) is 2.52. The Hall–Kier alpha value is -1.94.